The Labute approximate surface area is 182 Å². The van der Waals surface area contributed by atoms with Crippen LogP contribution in [0.5, 0.6) is 0 Å². The first-order valence-electron chi connectivity index (χ1n) is 10.3. The van der Waals surface area contributed by atoms with Crippen molar-refractivity contribution in [1.82, 2.24) is 14.5 Å². The van der Waals surface area contributed by atoms with Gasteiger partial charge in [-0.1, -0.05) is 27.7 Å². The molecular formula is C20H35N5O6. The van der Waals surface area contributed by atoms with Gasteiger partial charge in [0.2, 0.25) is 5.91 Å². The fraction of sp³-hybridized carbons (Fsp3) is 0.700. The van der Waals surface area contributed by atoms with E-state index >= 15 is 0 Å². The Hall–Kier alpha value is -2.66. The smallest absolute Gasteiger partial charge is 0.330 e. The molecule has 1 aromatic rings. The van der Waals surface area contributed by atoms with Crippen LogP contribution in [0.1, 0.15) is 27.7 Å². The fourth-order valence-electron chi connectivity index (χ4n) is 3.17. The number of carbonyl (C=O) groups is 2. The normalized spacial score (nSPS) is 12.3. The second-order valence-corrected chi connectivity index (χ2v) is 7.79. The monoisotopic (exact) mass is 441 g/mol. The second-order valence-electron chi connectivity index (χ2n) is 7.79. The van der Waals surface area contributed by atoms with Gasteiger partial charge in [-0.3, -0.25) is 28.8 Å². The van der Waals surface area contributed by atoms with Crippen molar-refractivity contribution in [3.05, 3.63) is 20.8 Å². The van der Waals surface area contributed by atoms with Crippen molar-refractivity contribution in [2.75, 3.05) is 57.6 Å². The number of nitrogens with one attached hydrogen (secondary N) is 1. The van der Waals surface area contributed by atoms with Gasteiger partial charge >= 0.3 is 11.7 Å². The van der Waals surface area contributed by atoms with Crippen molar-refractivity contribution in [2.45, 2.75) is 34.2 Å². The van der Waals surface area contributed by atoms with Crippen molar-refractivity contribution < 1.29 is 19.1 Å². The Morgan fingerprint density at radius 3 is 2.35 bits per heavy atom. The maximum absolute atomic E-state index is 13.2. The Morgan fingerprint density at radius 1 is 1.19 bits per heavy atom. The highest BCUT2D eigenvalue weighted by atomic mass is 16.5. The molecule has 0 spiro atoms. The number of esters is 1. The molecule has 31 heavy (non-hydrogen) atoms. The summed E-state index contributed by atoms with van der Waals surface area (Å²) in [4.78, 5) is 55.0. The molecule has 0 aromatic carbocycles. The number of aromatic amines is 1. The summed E-state index contributed by atoms with van der Waals surface area (Å²) in [5.41, 5.74) is 4.73. The van der Waals surface area contributed by atoms with Crippen molar-refractivity contribution in [3.8, 4) is 0 Å². The molecular weight excluding hydrogens is 406 g/mol. The number of nitrogens with zero attached hydrogens (tertiary/aromatic N) is 3. The van der Waals surface area contributed by atoms with Gasteiger partial charge in [-0.15, -0.1) is 0 Å². The van der Waals surface area contributed by atoms with Gasteiger partial charge in [0.1, 0.15) is 5.82 Å². The summed E-state index contributed by atoms with van der Waals surface area (Å²) in [6.45, 7) is 8.69. The summed E-state index contributed by atoms with van der Waals surface area (Å²) in [5.74, 6) is -1.17. The third-order valence-corrected chi connectivity index (χ3v) is 4.79. The van der Waals surface area contributed by atoms with E-state index < -0.39 is 23.1 Å². The largest absolute Gasteiger partial charge is 0.469 e. The number of nitrogens with two attached hydrogens (primary N) is 1. The molecule has 0 aliphatic carbocycles. The second kappa shape index (κ2) is 12.3. The van der Waals surface area contributed by atoms with Gasteiger partial charge in [0.05, 0.1) is 26.2 Å². The molecule has 11 heteroatoms. The predicted octanol–water partition coefficient (Wildman–Crippen LogP) is -0.115. The van der Waals surface area contributed by atoms with Crippen LogP contribution >= 0.6 is 0 Å². The SMILES string of the molecule is CCN(CC(=O)N(CCOC)c1c(N)n(CC(C)C)c(=O)[nH]c1=O)CC(C)C(=O)OC. The maximum Gasteiger partial charge on any atom is 0.330 e. The molecule has 0 saturated heterocycles. The number of methoxy groups -OCH3 is 2. The van der Waals surface area contributed by atoms with Crippen molar-refractivity contribution in [3.63, 3.8) is 0 Å². The molecule has 1 amide bonds. The molecule has 1 atom stereocenters. The molecule has 0 radical (unpaired) electrons. The van der Waals surface area contributed by atoms with Crippen LogP contribution in [-0.4, -0.2) is 73.3 Å². The van der Waals surface area contributed by atoms with Gasteiger partial charge in [0.15, 0.2) is 5.69 Å². The Morgan fingerprint density at radius 2 is 1.84 bits per heavy atom. The van der Waals surface area contributed by atoms with Crippen molar-refractivity contribution in [2.24, 2.45) is 11.8 Å². The third kappa shape index (κ3) is 7.21. The van der Waals surface area contributed by atoms with Gasteiger partial charge in [-0.25, -0.2) is 4.79 Å². The van der Waals surface area contributed by atoms with Gasteiger partial charge in [0.25, 0.3) is 5.56 Å². The number of ether oxygens (including phenoxy) is 2. The fourth-order valence-corrected chi connectivity index (χ4v) is 3.17. The molecule has 1 heterocycles. The summed E-state index contributed by atoms with van der Waals surface area (Å²) in [6, 6.07) is 0. The number of rotatable bonds is 12. The number of hydrogen-bond donors (Lipinski definition) is 2. The minimum atomic E-state index is -0.738. The van der Waals surface area contributed by atoms with Crippen molar-refractivity contribution >= 4 is 23.4 Å². The van der Waals surface area contributed by atoms with Gasteiger partial charge in [-0.05, 0) is 12.5 Å². The number of H-pyrrole nitrogens is 1. The standard InChI is InChI=1S/C20H35N5O6/c1-7-23(11-14(4)19(28)31-6)12-15(26)24(8-9-30-5)16-17(21)25(10-13(2)3)20(29)22-18(16)27/h13-14H,7-12,21H2,1-6H3,(H,22,27,29). The van der Waals surface area contributed by atoms with E-state index in [2.05, 4.69) is 4.98 Å². The minimum absolute atomic E-state index is 0.0518. The predicted molar refractivity (Wildman–Crippen MR) is 118 cm³/mol. The number of likely N-dealkylation sites (N-methyl/N-ethyl adjacent to an activating group) is 1. The maximum atomic E-state index is 13.2. The first-order valence-corrected chi connectivity index (χ1v) is 10.3. The molecule has 0 fully saturated rings. The van der Waals surface area contributed by atoms with Gasteiger partial charge in [-0.2, -0.15) is 0 Å². The van der Waals surface area contributed by atoms with E-state index in [0.29, 0.717) is 19.6 Å². The number of hydrogen-bond acceptors (Lipinski definition) is 8. The Balaban J connectivity index is 3.29. The number of anilines is 2. The highest BCUT2D eigenvalue weighted by Crippen LogP contribution is 2.18. The summed E-state index contributed by atoms with van der Waals surface area (Å²) >= 11 is 0. The Bertz CT molecular complexity index is 863. The zero-order valence-electron chi connectivity index (χ0n) is 19.3. The molecule has 1 rings (SSSR count). The van der Waals surface area contributed by atoms with Crippen LogP contribution in [0.3, 0.4) is 0 Å². The molecule has 1 unspecified atom stereocenters. The van der Waals surface area contributed by atoms with E-state index in [4.69, 9.17) is 15.2 Å². The number of aromatic nitrogens is 2. The van der Waals surface area contributed by atoms with Gasteiger partial charge < -0.3 is 20.1 Å². The minimum Gasteiger partial charge on any atom is -0.469 e. The quantitative estimate of drug-likeness (QED) is 0.428. The summed E-state index contributed by atoms with van der Waals surface area (Å²) in [6.07, 6.45) is 0. The first-order chi connectivity index (χ1) is 14.6. The van der Waals surface area contributed by atoms with E-state index in [0.717, 1.165) is 0 Å². The average molecular weight is 442 g/mol. The van der Waals surface area contributed by atoms with Gasteiger partial charge in [0, 0.05) is 26.7 Å². The first kappa shape index (κ1) is 26.4. The van der Waals surface area contributed by atoms with Crippen LogP contribution in [0, 0.1) is 11.8 Å². The molecule has 3 N–H and O–H groups in total. The number of carbonyl (C=O) groups excluding carboxylic acids is 2. The molecule has 0 bridgehead atoms. The van der Waals surface area contributed by atoms with E-state index in [9.17, 15) is 19.2 Å². The molecule has 11 nitrogen and oxygen atoms in total. The van der Waals surface area contributed by atoms with E-state index in [-0.39, 0.29) is 43.1 Å². The van der Waals surface area contributed by atoms with Crippen LogP contribution in [0.2, 0.25) is 0 Å². The lowest BCUT2D eigenvalue weighted by Gasteiger charge is -2.28. The molecule has 176 valence electrons. The zero-order chi connectivity index (χ0) is 23.7. The highest BCUT2D eigenvalue weighted by molar-refractivity contribution is 5.96. The summed E-state index contributed by atoms with van der Waals surface area (Å²) < 4.78 is 11.1. The third-order valence-electron chi connectivity index (χ3n) is 4.79. The molecule has 0 saturated carbocycles. The van der Waals surface area contributed by atoms with E-state index in [1.807, 2.05) is 20.8 Å². The summed E-state index contributed by atoms with van der Waals surface area (Å²) in [5, 5.41) is 0. The molecule has 0 aliphatic rings. The zero-order valence-corrected chi connectivity index (χ0v) is 19.3. The summed E-state index contributed by atoms with van der Waals surface area (Å²) in [7, 11) is 2.79. The van der Waals surface area contributed by atoms with Crippen LogP contribution in [0.4, 0.5) is 11.5 Å². The highest BCUT2D eigenvalue weighted by Gasteiger charge is 2.26. The van der Waals surface area contributed by atoms with E-state index in [1.54, 1.807) is 11.8 Å². The van der Waals surface area contributed by atoms with Crippen molar-refractivity contribution in [1.29, 1.82) is 0 Å². The van der Waals surface area contributed by atoms with Crippen LogP contribution in [0.25, 0.3) is 0 Å². The van der Waals surface area contributed by atoms with E-state index in [1.165, 1.54) is 23.7 Å². The molecule has 0 aliphatic heterocycles. The van der Waals surface area contributed by atoms with Crippen LogP contribution < -0.4 is 21.9 Å². The van der Waals surface area contributed by atoms with Crippen LogP contribution in [0.15, 0.2) is 9.59 Å². The average Bonchev–Trinajstić information content (AvgIpc) is 2.71. The lowest BCUT2D eigenvalue weighted by Crippen LogP contribution is -2.47. The number of nitrogen functional groups attached to an aromatic ring is 1. The number of amides is 1. The lowest BCUT2D eigenvalue weighted by molar-refractivity contribution is -0.145. The van der Waals surface area contributed by atoms with Crippen LogP contribution in [-0.2, 0) is 25.6 Å². The Kier molecular flexibility index (Phi) is 10.4. The molecule has 1 aromatic heterocycles. The topological polar surface area (TPSA) is 140 Å². The lowest BCUT2D eigenvalue weighted by atomic mass is 10.1.